The van der Waals surface area contributed by atoms with Crippen molar-refractivity contribution in [3.63, 3.8) is 0 Å². The minimum atomic E-state index is -4.93. The first-order valence-electron chi connectivity index (χ1n) is 8.78. The smallest absolute Gasteiger partial charge is 0.338 e. The van der Waals surface area contributed by atoms with Gasteiger partial charge in [0.1, 0.15) is 18.2 Å². The van der Waals surface area contributed by atoms with Crippen LogP contribution in [0.5, 0.6) is 0 Å². The van der Waals surface area contributed by atoms with Gasteiger partial charge in [0.25, 0.3) is 0 Å². The molecule has 1 aliphatic heterocycles. The molecule has 12 heteroatoms. The van der Waals surface area contributed by atoms with E-state index in [0.717, 1.165) is 24.3 Å². The van der Waals surface area contributed by atoms with Crippen LogP contribution in [-0.4, -0.2) is 74.4 Å². The summed E-state index contributed by atoms with van der Waals surface area (Å²) in [5.74, 6) is -1.50. The molecule has 3 N–H and O–H groups in total. The van der Waals surface area contributed by atoms with Crippen LogP contribution in [0.15, 0.2) is 41.8 Å². The maximum Gasteiger partial charge on any atom is 0.338 e. The van der Waals surface area contributed by atoms with E-state index in [4.69, 9.17) is 14.2 Å². The number of carbonyl (C=O) groups excluding carboxylic acids is 2. The number of amides is 1. The lowest BCUT2D eigenvalue weighted by atomic mass is 9.96. The number of nitrogens with one attached hydrogen (secondary N) is 1. The van der Waals surface area contributed by atoms with Crippen LogP contribution in [0, 0.1) is 0 Å². The summed E-state index contributed by atoms with van der Waals surface area (Å²) in [6.45, 7) is 4.08. The normalized spacial score (nSPS) is 26.6. The number of aliphatic hydroxyl groups excluding tert-OH is 2. The number of hydrogen-bond donors (Lipinski definition) is 3. The number of aliphatic hydroxyl groups is 2. The van der Waals surface area contributed by atoms with Crippen LogP contribution in [0.25, 0.3) is 0 Å². The number of esters is 1. The van der Waals surface area contributed by atoms with Crippen LogP contribution >= 0.6 is 0 Å². The summed E-state index contributed by atoms with van der Waals surface area (Å²) in [5.41, 5.74) is -0.132. The molecule has 1 saturated heterocycles. The summed E-state index contributed by atoms with van der Waals surface area (Å²) < 4.78 is 50.9. The zero-order valence-corrected chi connectivity index (χ0v) is 16.7. The lowest BCUT2D eigenvalue weighted by Gasteiger charge is -2.43. The second kappa shape index (κ2) is 10.1. The van der Waals surface area contributed by atoms with Gasteiger partial charge in [0, 0.05) is 6.92 Å². The fourth-order valence-electron chi connectivity index (χ4n) is 2.85. The van der Waals surface area contributed by atoms with E-state index in [0.29, 0.717) is 0 Å². The van der Waals surface area contributed by atoms with E-state index in [-0.39, 0.29) is 12.2 Å². The second-order valence-electron chi connectivity index (χ2n) is 6.40. The first-order chi connectivity index (χ1) is 14.1. The van der Waals surface area contributed by atoms with Gasteiger partial charge in [-0.2, -0.15) is 8.42 Å². The van der Waals surface area contributed by atoms with Gasteiger partial charge in [-0.05, 0) is 24.3 Å². The Balaban J connectivity index is 2.22. The van der Waals surface area contributed by atoms with Gasteiger partial charge in [0.2, 0.25) is 5.91 Å². The van der Waals surface area contributed by atoms with Gasteiger partial charge in [-0.1, -0.05) is 6.08 Å². The van der Waals surface area contributed by atoms with Crippen molar-refractivity contribution in [2.45, 2.75) is 42.5 Å². The second-order valence-corrected chi connectivity index (χ2v) is 7.74. The molecule has 30 heavy (non-hydrogen) atoms. The standard InChI is InChI=1S/C18H22FNO9S/c1-3-8-27-18-14(20-10(2)22)15(23)16(13(9-21)28-18)29-17(24)11-4-6-12(7-5-11)30(19,25)26/h3-7,13-16,18,21,23H,1,8-9H2,2H3,(H,20,22)/t13-,14-,15-,16+,18-/m1/s1. The Morgan fingerprint density at radius 1 is 1.33 bits per heavy atom. The van der Waals surface area contributed by atoms with E-state index in [1.165, 1.54) is 13.0 Å². The zero-order valence-electron chi connectivity index (χ0n) is 15.9. The molecule has 0 unspecified atom stereocenters. The average molecular weight is 447 g/mol. The average Bonchev–Trinajstić information content (AvgIpc) is 2.69. The Morgan fingerprint density at radius 2 is 1.97 bits per heavy atom. The van der Waals surface area contributed by atoms with Crippen molar-refractivity contribution < 1.29 is 46.3 Å². The van der Waals surface area contributed by atoms with Gasteiger partial charge in [-0.3, -0.25) is 4.79 Å². The molecule has 1 aliphatic rings. The monoisotopic (exact) mass is 447 g/mol. The molecule has 0 radical (unpaired) electrons. The van der Waals surface area contributed by atoms with E-state index in [1.54, 1.807) is 0 Å². The molecule has 1 aromatic carbocycles. The number of carbonyl (C=O) groups is 2. The van der Waals surface area contributed by atoms with E-state index in [1.807, 2.05) is 0 Å². The van der Waals surface area contributed by atoms with Gasteiger partial charge in [-0.25, -0.2) is 4.79 Å². The van der Waals surface area contributed by atoms with Crippen molar-refractivity contribution in [2.24, 2.45) is 0 Å². The SMILES string of the molecule is C=CCO[C@@H]1O[C@H](CO)[C@H](OC(=O)c2ccc(S(=O)(=O)F)cc2)[C@H](O)[C@H]1NC(C)=O. The molecule has 1 aromatic rings. The van der Waals surface area contributed by atoms with E-state index < -0.39 is 64.2 Å². The number of rotatable bonds is 8. The number of hydrogen-bond acceptors (Lipinski definition) is 9. The van der Waals surface area contributed by atoms with E-state index >= 15 is 0 Å². The Bertz CT molecular complexity index is 874. The molecule has 0 saturated carbocycles. The van der Waals surface area contributed by atoms with Crippen molar-refractivity contribution in [2.75, 3.05) is 13.2 Å². The minimum absolute atomic E-state index is 0.0277. The third-order valence-corrected chi connectivity index (χ3v) is 5.05. The quantitative estimate of drug-likeness (QED) is 0.276. The molecule has 0 aliphatic carbocycles. The van der Waals surface area contributed by atoms with Crippen LogP contribution in [0.2, 0.25) is 0 Å². The lowest BCUT2D eigenvalue weighted by Crippen LogP contribution is -2.65. The van der Waals surface area contributed by atoms with Gasteiger partial charge < -0.3 is 29.7 Å². The largest absolute Gasteiger partial charge is 0.453 e. The van der Waals surface area contributed by atoms with Gasteiger partial charge in [0.15, 0.2) is 12.4 Å². The molecule has 166 valence electrons. The maximum atomic E-state index is 13.0. The fraction of sp³-hybridized carbons (Fsp3) is 0.444. The molecule has 5 atom stereocenters. The van der Waals surface area contributed by atoms with Crippen molar-refractivity contribution in [1.29, 1.82) is 0 Å². The Hall–Kier alpha value is -2.38. The fourth-order valence-corrected chi connectivity index (χ4v) is 3.31. The number of benzene rings is 1. The lowest BCUT2D eigenvalue weighted by molar-refractivity contribution is -0.266. The van der Waals surface area contributed by atoms with E-state index in [2.05, 4.69) is 11.9 Å². The van der Waals surface area contributed by atoms with Gasteiger partial charge in [-0.15, -0.1) is 10.5 Å². The van der Waals surface area contributed by atoms with Crippen LogP contribution < -0.4 is 5.32 Å². The molecule has 1 heterocycles. The topological polar surface area (TPSA) is 148 Å². The molecular formula is C18H22FNO9S. The molecule has 0 aromatic heterocycles. The van der Waals surface area contributed by atoms with Crippen molar-refractivity contribution >= 4 is 22.1 Å². The van der Waals surface area contributed by atoms with Crippen LogP contribution in [0.1, 0.15) is 17.3 Å². The highest BCUT2D eigenvalue weighted by Gasteiger charge is 2.48. The first-order valence-corrected chi connectivity index (χ1v) is 10.2. The highest BCUT2D eigenvalue weighted by Crippen LogP contribution is 2.26. The third kappa shape index (κ3) is 5.83. The molecule has 10 nitrogen and oxygen atoms in total. The molecule has 1 fully saturated rings. The first kappa shape index (κ1) is 23.9. The summed E-state index contributed by atoms with van der Waals surface area (Å²) >= 11 is 0. The zero-order chi connectivity index (χ0) is 22.5. The summed E-state index contributed by atoms with van der Waals surface area (Å²) in [6.07, 6.45) is -3.82. The predicted molar refractivity (Wildman–Crippen MR) is 99.4 cm³/mol. The molecule has 1 amide bonds. The maximum absolute atomic E-state index is 13.0. The molecule has 2 rings (SSSR count). The highest BCUT2D eigenvalue weighted by atomic mass is 32.3. The summed E-state index contributed by atoms with van der Waals surface area (Å²) in [4.78, 5) is 23.3. The summed E-state index contributed by atoms with van der Waals surface area (Å²) in [7, 11) is -4.93. The van der Waals surface area contributed by atoms with Crippen LogP contribution in [0.4, 0.5) is 3.89 Å². The van der Waals surface area contributed by atoms with E-state index in [9.17, 15) is 32.1 Å². The predicted octanol–water partition coefficient (Wildman–Crippen LogP) is -0.344. The summed E-state index contributed by atoms with van der Waals surface area (Å²) in [6, 6.07) is 2.69. The van der Waals surface area contributed by atoms with Crippen LogP contribution in [-0.2, 0) is 29.2 Å². The third-order valence-electron chi connectivity index (χ3n) is 4.22. The minimum Gasteiger partial charge on any atom is -0.453 e. The molecular weight excluding hydrogens is 425 g/mol. The Kier molecular flexibility index (Phi) is 8.03. The number of ether oxygens (including phenoxy) is 3. The molecule has 0 bridgehead atoms. The van der Waals surface area contributed by atoms with Crippen LogP contribution in [0.3, 0.4) is 0 Å². The van der Waals surface area contributed by atoms with Gasteiger partial charge in [0.05, 0.1) is 23.7 Å². The van der Waals surface area contributed by atoms with Crippen molar-refractivity contribution in [1.82, 2.24) is 5.32 Å². The van der Waals surface area contributed by atoms with Crippen molar-refractivity contribution in [3.8, 4) is 0 Å². The van der Waals surface area contributed by atoms with Gasteiger partial charge >= 0.3 is 16.2 Å². The highest BCUT2D eigenvalue weighted by molar-refractivity contribution is 7.86. The Morgan fingerprint density at radius 3 is 2.47 bits per heavy atom. The number of halogens is 1. The molecule has 0 spiro atoms. The summed E-state index contributed by atoms with van der Waals surface area (Å²) in [5, 5.41) is 22.7. The van der Waals surface area contributed by atoms with Crippen molar-refractivity contribution in [3.05, 3.63) is 42.5 Å². The Labute approximate surface area is 172 Å².